The summed E-state index contributed by atoms with van der Waals surface area (Å²) in [6.07, 6.45) is 0.427. The van der Waals surface area contributed by atoms with Crippen molar-refractivity contribution in [1.29, 1.82) is 0 Å². The van der Waals surface area contributed by atoms with Crippen LogP contribution in [0.5, 0.6) is 5.75 Å². The van der Waals surface area contributed by atoms with E-state index in [9.17, 15) is 4.57 Å². The molecule has 3 atom stereocenters. The van der Waals surface area contributed by atoms with E-state index in [4.69, 9.17) is 13.6 Å². The Bertz CT molecular complexity index is 655. The quantitative estimate of drug-likeness (QED) is 0.742. The summed E-state index contributed by atoms with van der Waals surface area (Å²) in [6.45, 7) is 3.74. The molecule has 1 unspecified atom stereocenters. The largest absolute Gasteiger partial charge is 0.530 e. The maximum absolute atomic E-state index is 12.5. The molecule has 0 saturated carbocycles. The predicted octanol–water partition coefficient (Wildman–Crippen LogP) is 5.05. The van der Waals surface area contributed by atoms with Crippen molar-refractivity contribution >= 4 is 7.82 Å². The van der Waals surface area contributed by atoms with Crippen molar-refractivity contribution in [3.63, 3.8) is 0 Å². The minimum atomic E-state index is -3.53. The Morgan fingerprint density at radius 3 is 2.05 bits per heavy atom. The van der Waals surface area contributed by atoms with Gasteiger partial charge in [0, 0.05) is 6.42 Å². The first-order valence-electron chi connectivity index (χ1n) is 7.36. The number of hydrogen-bond acceptors (Lipinski definition) is 4. The second kappa shape index (κ2) is 6.25. The average Bonchev–Trinajstić information content (AvgIpc) is 2.47. The maximum Gasteiger partial charge on any atom is 0.530 e. The zero-order valence-electron chi connectivity index (χ0n) is 12.6. The van der Waals surface area contributed by atoms with Crippen LogP contribution in [-0.4, -0.2) is 12.2 Å². The zero-order valence-corrected chi connectivity index (χ0v) is 13.5. The number of phosphoric acid groups is 1. The van der Waals surface area contributed by atoms with Crippen LogP contribution in [-0.2, 0) is 13.6 Å². The predicted molar refractivity (Wildman–Crippen MR) is 85.8 cm³/mol. The van der Waals surface area contributed by atoms with Gasteiger partial charge in [0.1, 0.15) is 5.75 Å². The molecular weight excluding hydrogens is 299 g/mol. The highest BCUT2D eigenvalue weighted by molar-refractivity contribution is 7.49. The van der Waals surface area contributed by atoms with Crippen LogP contribution >= 0.6 is 7.82 Å². The lowest BCUT2D eigenvalue weighted by Crippen LogP contribution is -2.25. The lowest BCUT2D eigenvalue weighted by molar-refractivity contribution is 0.0217. The van der Waals surface area contributed by atoms with Gasteiger partial charge in [0.25, 0.3) is 0 Å². The van der Waals surface area contributed by atoms with E-state index in [0.29, 0.717) is 12.2 Å². The summed E-state index contributed by atoms with van der Waals surface area (Å²) < 4.78 is 28.7. The third-order valence-corrected chi connectivity index (χ3v) is 5.13. The summed E-state index contributed by atoms with van der Waals surface area (Å²) in [7, 11) is -3.53. The van der Waals surface area contributed by atoms with Gasteiger partial charge >= 0.3 is 7.82 Å². The van der Waals surface area contributed by atoms with Crippen molar-refractivity contribution in [3.8, 4) is 16.9 Å². The van der Waals surface area contributed by atoms with E-state index in [1.54, 1.807) is 12.1 Å². The lowest BCUT2D eigenvalue weighted by atomic mass is 10.1. The van der Waals surface area contributed by atoms with Gasteiger partial charge < -0.3 is 4.52 Å². The van der Waals surface area contributed by atoms with Crippen molar-refractivity contribution in [3.05, 3.63) is 54.6 Å². The van der Waals surface area contributed by atoms with Gasteiger partial charge in [0.05, 0.1) is 12.2 Å². The van der Waals surface area contributed by atoms with Gasteiger partial charge in [-0.2, -0.15) is 0 Å². The molecule has 0 radical (unpaired) electrons. The smallest absolute Gasteiger partial charge is 0.404 e. The lowest BCUT2D eigenvalue weighted by Gasteiger charge is -2.30. The van der Waals surface area contributed by atoms with E-state index in [0.717, 1.165) is 11.1 Å². The van der Waals surface area contributed by atoms with E-state index in [2.05, 4.69) is 0 Å². The number of phosphoric ester groups is 1. The molecule has 1 saturated heterocycles. The van der Waals surface area contributed by atoms with Crippen LogP contribution in [0.2, 0.25) is 0 Å². The first-order chi connectivity index (χ1) is 10.5. The molecular formula is C17H19O4P. The summed E-state index contributed by atoms with van der Waals surface area (Å²) in [5.41, 5.74) is 2.19. The minimum Gasteiger partial charge on any atom is -0.404 e. The summed E-state index contributed by atoms with van der Waals surface area (Å²) in [5, 5.41) is 0. The highest BCUT2D eigenvalue weighted by Gasteiger charge is 2.38. The SMILES string of the molecule is C[C@@H]1C[C@H](C)OP(=O)(Oc2ccc(-c3ccccc3)cc2)O1. The summed E-state index contributed by atoms with van der Waals surface area (Å²) in [6, 6.07) is 17.4. The van der Waals surface area contributed by atoms with Crippen molar-refractivity contribution in [1.82, 2.24) is 0 Å². The van der Waals surface area contributed by atoms with E-state index in [1.807, 2.05) is 56.3 Å². The molecule has 0 bridgehead atoms. The van der Waals surface area contributed by atoms with Crippen LogP contribution in [0.15, 0.2) is 54.6 Å². The Morgan fingerprint density at radius 1 is 0.909 bits per heavy atom. The molecule has 0 aromatic heterocycles. The summed E-state index contributed by atoms with van der Waals surface area (Å²) in [5.74, 6) is 0.476. The van der Waals surface area contributed by atoms with Gasteiger partial charge in [-0.05, 0) is 37.1 Å². The number of hydrogen-bond donors (Lipinski definition) is 0. The van der Waals surface area contributed by atoms with Crippen LogP contribution in [0.1, 0.15) is 20.3 Å². The topological polar surface area (TPSA) is 44.8 Å². The fraction of sp³-hybridized carbons (Fsp3) is 0.294. The fourth-order valence-electron chi connectivity index (χ4n) is 2.53. The molecule has 0 spiro atoms. The number of benzene rings is 2. The van der Waals surface area contributed by atoms with Gasteiger partial charge in [0.2, 0.25) is 0 Å². The van der Waals surface area contributed by atoms with Crippen LogP contribution < -0.4 is 4.52 Å². The van der Waals surface area contributed by atoms with Crippen molar-refractivity contribution in [2.75, 3.05) is 0 Å². The molecule has 22 heavy (non-hydrogen) atoms. The molecule has 116 valence electrons. The highest BCUT2D eigenvalue weighted by Crippen LogP contribution is 2.55. The van der Waals surface area contributed by atoms with Gasteiger partial charge in [-0.1, -0.05) is 42.5 Å². The molecule has 5 heteroatoms. The molecule has 0 N–H and O–H groups in total. The van der Waals surface area contributed by atoms with Crippen molar-refractivity contribution in [2.24, 2.45) is 0 Å². The first-order valence-corrected chi connectivity index (χ1v) is 8.82. The Balaban J connectivity index is 1.75. The maximum atomic E-state index is 12.5. The highest BCUT2D eigenvalue weighted by atomic mass is 31.2. The molecule has 1 aliphatic rings. The summed E-state index contributed by atoms with van der Waals surface area (Å²) in [4.78, 5) is 0. The third-order valence-electron chi connectivity index (χ3n) is 3.46. The Labute approximate surface area is 130 Å². The zero-order chi connectivity index (χ0) is 15.6. The third kappa shape index (κ3) is 3.58. The molecule has 4 nitrogen and oxygen atoms in total. The minimum absolute atomic E-state index is 0.141. The molecule has 0 amide bonds. The second-order valence-electron chi connectivity index (χ2n) is 5.50. The van der Waals surface area contributed by atoms with Crippen LogP contribution in [0, 0.1) is 0 Å². The van der Waals surface area contributed by atoms with Crippen LogP contribution in [0.25, 0.3) is 11.1 Å². The first kappa shape index (κ1) is 15.3. The molecule has 0 aliphatic carbocycles. The fourth-order valence-corrected chi connectivity index (χ4v) is 4.10. The Kier molecular flexibility index (Phi) is 4.34. The van der Waals surface area contributed by atoms with Crippen molar-refractivity contribution in [2.45, 2.75) is 32.5 Å². The molecule has 1 heterocycles. The Morgan fingerprint density at radius 2 is 1.45 bits per heavy atom. The number of rotatable bonds is 3. The average molecular weight is 318 g/mol. The van der Waals surface area contributed by atoms with E-state index >= 15 is 0 Å². The van der Waals surface area contributed by atoms with Gasteiger partial charge in [0.15, 0.2) is 0 Å². The molecule has 1 aliphatic heterocycles. The molecule has 1 fully saturated rings. The molecule has 2 aromatic rings. The van der Waals surface area contributed by atoms with Crippen LogP contribution in [0.3, 0.4) is 0 Å². The second-order valence-corrected chi connectivity index (χ2v) is 7.00. The normalized spacial score (nSPS) is 28.3. The van der Waals surface area contributed by atoms with E-state index in [1.165, 1.54) is 0 Å². The standard InChI is InChI=1S/C17H19O4P/c1-13-12-14(2)20-22(18,19-13)21-17-10-8-16(9-11-17)15-6-4-3-5-7-15/h3-11,13-14H,12H2,1-2H3/t13-,14+,22?. The van der Waals surface area contributed by atoms with Gasteiger partial charge in [-0.25, -0.2) is 4.57 Å². The Hall–Kier alpha value is -1.61. The van der Waals surface area contributed by atoms with Gasteiger partial charge in [-0.3, -0.25) is 9.05 Å². The van der Waals surface area contributed by atoms with Crippen LogP contribution in [0.4, 0.5) is 0 Å². The summed E-state index contributed by atoms with van der Waals surface area (Å²) >= 11 is 0. The van der Waals surface area contributed by atoms with Crippen molar-refractivity contribution < 1.29 is 18.1 Å². The van der Waals surface area contributed by atoms with E-state index in [-0.39, 0.29) is 12.2 Å². The molecule has 3 rings (SSSR count). The van der Waals surface area contributed by atoms with Gasteiger partial charge in [-0.15, -0.1) is 0 Å². The molecule has 2 aromatic carbocycles. The monoisotopic (exact) mass is 318 g/mol. The van der Waals surface area contributed by atoms with E-state index < -0.39 is 7.82 Å².